The van der Waals surface area contributed by atoms with Gasteiger partial charge in [-0.15, -0.1) is 0 Å². The van der Waals surface area contributed by atoms with Gasteiger partial charge in [0.05, 0.1) is 0 Å². The van der Waals surface area contributed by atoms with Gasteiger partial charge in [0, 0.05) is 0 Å². The monoisotopic (exact) mass is 244 g/mol. The Balaban J connectivity index is 4.47. The predicted molar refractivity (Wildman–Crippen MR) is 65.4 cm³/mol. The minimum Gasteiger partial charge on any atom is -0.453 e. The molecule has 0 radical (unpaired) electrons. The largest absolute Gasteiger partial charge is 0.453 e. The highest BCUT2D eigenvalue weighted by atomic mass is 16.6. The van der Waals surface area contributed by atoms with Crippen molar-refractivity contribution < 1.29 is 19.1 Å². The first kappa shape index (κ1) is 15.9. The van der Waals surface area contributed by atoms with Gasteiger partial charge in [0.2, 0.25) is 0 Å². The number of carbonyl (C=O) groups is 2. The smallest absolute Gasteiger partial charge is 0.418 e. The van der Waals surface area contributed by atoms with E-state index >= 15 is 0 Å². The summed E-state index contributed by atoms with van der Waals surface area (Å²) in [5.41, 5.74) is -0.679. The lowest BCUT2D eigenvalue weighted by molar-refractivity contribution is -0.180. The van der Waals surface area contributed by atoms with Crippen LogP contribution >= 0.6 is 0 Å². The lowest BCUT2D eigenvalue weighted by Crippen LogP contribution is -2.35. The standard InChI is InChI=1S/C13H24O4/c1-8(2)10(9(3)4)16-11(14)12(15)17-13(5,6)7/h8-10H,1-7H3. The summed E-state index contributed by atoms with van der Waals surface area (Å²) in [5, 5.41) is 0. The molecule has 100 valence electrons. The molecule has 17 heavy (non-hydrogen) atoms. The fraction of sp³-hybridized carbons (Fsp3) is 0.846. The van der Waals surface area contributed by atoms with Gasteiger partial charge in [0.1, 0.15) is 11.7 Å². The first-order valence-corrected chi connectivity index (χ1v) is 5.98. The molecule has 0 atom stereocenters. The highest BCUT2D eigenvalue weighted by molar-refractivity contribution is 6.29. The van der Waals surface area contributed by atoms with Crippen LogP contribution < -0.4 is 0 Å². The van der Waals surface area contributed by atoms with Gasteiger partial charge in [-0.1, -0.05) is 27.7 Å². The molecule has 0 rings (SSSR count). The van der Waals surface area contributed by atoms with E-state index in [2.05, 4.69) is 0 Å². The summed E-state index contributed by atoms with van der Waals surface area (Å²) < 4.78 is 10.1. The van der Waals surface area contributed by atoms with Crippen molar-refractivity contribution in [2.75, 3.05) is 0 Å². The number of ether oxygens (including phenoxy) is 2. The Morgan fingerprint density at radius 1 is 0.882 bits per heavy atom. The topological polar surface area (TPSA) is 52.6 Å². The molecule has 0 aliphatic heterocycles. The van der Waals surface area contributed by atoms with Crippen molar-refractivity contribution in [1.82, 2.24) is 0 Å². The molecule has 0 aromatic carbocycles. The summed E-state index contributed by atoms with van der Waals surface area (Å²) in [7, 11) is 0. The normalized spacial score (nSPS) is 12.1. The molecule has 0 bridgehead atoms. The van der Waals surface area contributed by atoms with Crippen molar-refractivity contribution in [3.63, 3.8) is 0 Å². The molecule has 0 aliphatic rings. The predicted octanol–water partition coefficient (Wildman–Crippen LogP) is 2.55. The molecular weight excluding hydrogens is 220 g/mol. The maximum absolute atomic E-state index is 11.5. The Bertz CT molecular complexity index is 266. The highest BCUT2D eigenvalue weighted by Crippen LogP contribution is 2.17. The van der Waals surface area contributed by atoms with Crippen molar-refractivity contribution in [1.29, 1.82) is 0 Å². The van der Waals surface area contributed by atoms with Crippen LogP contribution in [0, 0.1) is 11.8 Å². The average molecular weight is 244 g/mol. The minimum atomic E-state index is -0.927. The van der Waals surface area contributed by atoms with Gasteiger partial charge < -0.3 is 9.47 Å². The Labute approximate surface area is 104 Å². The Morgan fingerprint density at radius 3 is 1.59 bits per heavy atom. The van der Waals surface area contributed by atoms with Crippen molar-refractivity contribution >= 4 is 11.9 Å². The fourth-order valence-electron chi connectivity index (χ4n) is 1.53. The highest BCUT2D eigenvalue weighted by Gasteiger charge is 2.29. The molecule has 4 heteroatoms. The molecule has 0 aromatic rings. The van der Waals surface area contributed by atoms with Gasteiger partial charge in [-0.2, -0.15) is 0 Å². The van der Waals surface area contributed by atoms with Crippen LogP contribution in [-0.4, -0.2) is 23.6 Å². The number of esters is 2. The molecule has 0 saturated heterocycles. The number of rotatable bonds is 3. The van der Waals surface area contributed by atoms with Crippen molar-refractivity contribution in [3.8, 4) is 0 Å². The van der Waals surface area contributed by atoms with E-state index in [-0.39, 0.29) is 17.9 Å². The third kappa shape index (κ3) is 6.29. The molecule has 0 aliphatic carbocycles. The first-order valence-electron chi connectivity index (χ1n) is 5.98. The first-order chi connectivity index (χ1) is 7.54. The molecular formula is C13H24O4. The molecule has 0 heterocycles. The van der Waals surface area contributed by atoms with E-state index in [1.807, 2.05) is 27.7 Å². The van der Waals surface area contributed by atoms with Gasteiger partial charge in [-0.05, 0) is 32.6 Å². The summed E-state index contributed by atoms with van der Waals surface area (Å²) in [4.78, 5) is 23.0. The molecule has 0 unspecified atom stereocenters. The molecule has 0 aromatic heterocycles. The van der Waals surface area contributed by atoms with Crippen molar-refractivity contribution in [2.24, 2.45) is 11.8 Å². The third-order valence-electron chi connectivity index (χ3n) is 2.12. The summed E-state index contributed by atoms with van der Waals surface area (Å²) in [6.07, 6.45) is -0.269. The molecule has 0 saturated carbocycles. The second-order valence-corrected chi connectivity index (χ2v) is 5.86. The fourth-order valence-corrected chi connectivity index (χ4v) is 1.53. The third-order valence-corrected chi connectivity index (χ3v) is 2.12. The summed E-state index contributed by atoms with van der Waals surface area (Å²) in [6, 6.07) is 0. The molecule has 0 spiro atoms. The van der Waals surface area contributed by atoms with Crippen LogP contribution in [0.2, 0.25) is 0 Å². The molecule has 0 N–H and O–H groups in total. The van der Waals surface area contributed by atoms with Crippen LogP contribution in [0.4, 0.5) is 0 Å². The second-order valence-electron chi connectivity index (χ2n) is 5.86. The second kappa shape index (κ2) is 6.03. The Morgan fingerprint density at radius 2 is 1.29 bits per heavy atom. The van der Waals surface area contributed by atoms with Gasteiger partial charge in [0.15, 0.2) is 0 Å². The van der Waals surface area contributed by atoms with E-state index in [0.717, 1.165) is 0 Å². The van der Waals surface area contributed by atoms with Crippen LogP contribution in [0.3, 0.4) is 0 Å². The van der Waals surface area contributed by atoms with Crippen LogP contribution in [0.15, 0.2) is 0 Å². The Hall–Kier alpha value is -1.06. The molecule has 4 nitrogen and oxygen atoms in total. The zero-order valence-electron chi connectivity index (χ0n) is 11.9. The van der Waals surface area contributed by atoms with E-state index in [4.69, 9.17) is 9.47 Å². The number of hydrogen-bond donors (Lipinski definition) is 0. The van der Waals surface area contributed by atoms with Gasteiger partial charge in [-0.3, -0.25) is 0 Å². The van der Waals surface area contributed by atoms with Gasteiger partial charge in [-0.25, -0.2) is 9.59 Å². The molecule has 0 amide bonds. The SMILES string of the molecule is CC(C)C(OC(=O)C(=O)OC(C)(C)C)C(C)C. The van der Waals surface area contributed by atoms with E-state index in [1.165, 1.54) is 0 Å². The van der Waals surface area contributed by atoms with Gasteiger partial charge >= 0.3 is 11.9 Å². The minimum absolute atomic E-state index is 0.168. The lowest BCUT2D eigenvalue weighted by Gasteiger charge is -2.25. The quantitative estimate of drug-likeness (QED) is 0.565. The summed E-state index contributed by atoms with van der Waals surface area (Å²) >= 11 is 0. The van der Waals surface area contributed by atoms with E-state index in [1.54, 1.807) is 20.8 Å². The maximum atomic E-state index is 11.5. The Kier molecular flexibility index (Phi) is 5.66. The summed E-state index contributed by atoms with van der Waals surface area (Å²) in [6.45, 7) is 12.9. The average Bonchev–Trinajstić information content (AvgIpc) is 2.09. The lowest BCUT2D eigenvalue weighted by atomic mass is 9.96. The van der Waals surface area contributed by atoms with Crippen molar-refractivity contribution in [2.45, 2.75) is 60.2 Å². The molecule has 0 fully saturated rings. The van der Waals surface area contributed by atoms with E-state index < -0.39 is 17.5 Å². The number of carbonyl (C=O) groups excluding carboxylic acids is 2. The van der Waals surface area contributed by atoms with Crippen LogP contribution in [0.25, 0.3) is 0 Å². The van der Waals surface area contributed by atoms with E-state index in [0.29, 0.717) is 0 Å². The van der Waals surface area contributed by atoms with E-state index in [9.17, 15) is 9.59 Å². The van der Waals surface area contributed by atoms with Crippen LogP contribution in [-0.2, 0) is 19.1 Å². The zero-order chi connectivity index (χ0) is 13.8. The zero-order valence-corrected chi connectivity index (χ0v) is 11.9. The number of hydrogen-bond acceptors (Lipinski definition) is 4. The van der Waals surface area contributed by atoms with Crippen molar-refractivity contribution in [3.05, 3.63) is 0 Å². The van der Waals surface area contributed by atoms with Crippen LogP contribution in [0.5, 0.6) is 0 Å². The summed E-state index contributed by atoms with van der Waals surface area (Å²) in [5.74, 6) is -1.50. The van der Waals surface area contributed by atoms with Crippen LogP contribution in [0.1, 0.15) is 48.5 Å². The van der Waals surface area contributed by atoms with Gasteiger partial charge in [0.25, 0.3) is 0 Å². The maximum Gasteiger partial charge on any atom is 0.418 e.